The van der Waals surface area contributed by atoms with Gasteiger partial charge in [0.05, 0.1) is 5.69 Å². The smallest absolute Gasteiger partial charge is 0.306 e. The van der Waals surface area contributed by atoms with Gasteiger partial charge in [-0.25, -0.2) is 9.37 Å². The molecule has 0 saturated carbocycles. The van der Waals surface area contributed by atoms with E-state index >= 15 is 0 Å². The number of likely N-dealkylation sites (tertiary alicyclic amines) is 1. The van der Waals surface area contributed by atoms with E-state index in [2.05, 4.69) is 26.0 Å². The number of esters is 1. The molecule has 270 valence electrons. The van der Waals surface area contributed by atoms with Crippen LogP contribution in [-0.4, -0.2) is 50.5 Å². The van der Waals surface area contributed by atoms with Crippen LogP contribution in [-0.2, 0) is 22.5 Å². The number of aromatic nitrogens is 3. The topological polar surface area (TPSA) is 90.5 Å². The first kappa shape index (κ1) is 37.7. The van der Waals surface area contributed by atoms with Crippen LogP contribution < -0.4 is 5.56 Å². The minimum atomic E-state index is -0.450. The highest BCUT2D eigenvalue weighted by Crippen LogP contribution is 2.33. The number of unbranched alkanes of at least 4 members (excludes halogenated alkanes) is 12. The number of benzene rings is 1. The number of piperidine rings is 1. The molecular formula is C39H56BrFN4O4. The van der Waals surface area contributed by atoms with Crippen molar-refractivity contribution in [2.75, 3.05) is 25.0 Å². The van der Waals surface area contributed by atoms with Gasteiger partial charge in [0, 0.05) is 53.5 Å². The maximum atomic E-state index is 13.6. The summed E-state index contributed by atoms with van der Waals surface area (Å²) >= 11 is 3.50. The quantitative estimate of drug-likeness (QED) is 0.0647. The number of hydrogen-bond acceptors (Lipinski definition) is 7. The monoisotopic (exact) mass is 742 g/mol. The molecule has 0 spiro atoms. The number of ether oxygens (including phenoxy) is 1. The molecule has 1 atom stereocenters. The summed E-state index contributed by atoms with van der Waals surface area (Å²) in [4.78, 5) is 33.6. The molecule has 1 saturated heterocycles. The fourth-order valence-corrected chi connectivity index (χ4v) is 7.99. The molecule has 0 amide bonds. The molecule has 49 heavy (non-hydrogen) atoms. The van der Waals surface area contributed by atoms with Crippen molar-refractivity contribution < 1.29 is 18.4 Å². The van der Waals surface area contributed by atoms with Gasteiger partial charge in [0.25, 0.3) is 5.56 Å². The fourth-order valence-electron chi connectivity index (χ4n) is 7.60. The molecule has 0 N–H and O–H groups in total. The lowest BCUT2D eigenvalue weighted by molar-refractivity contribution is -0.151. The number of alkyl halides is 1. The van der Waals surface area contributed by atoms with Crippen molar-refractivity contribution in [3.05, 3.63) is 57.1 Å². The number of carbonyl (C=O) groups excluding carboxylic acids is 1. The van der Waals surface area contributed by atoms with Crippen molar-refractivity contribution in [2.45, 2.75) is 147 Å². The van der Waals surface area contributed by atoms with Gasteiger partial charge >= 0.3 is 5.97 Å². The van der Waals surface area contributed by atoms with Crippen LogP contribution in [0.4, 0.5) is 4.39 Å². The Balaban J connectivity index is 0.998. The van der Waals surface area contributed by atoms with E-state index in [1.165, 1.54) is 82.8 Å². The predicted octanol–water partition coefficient (Wildman–Crippen LogP) is 9.49. The molecule has 2 aliphatic rings. The average Bonchev–Trinajstić information content (AvgIpc) is 3.52. The summed E-state index contributed by atoms with van der Waals surface area (Å²) in [6.45, 7) is 5.10. The Bertz CT molecular complexity index is 1530. The standard InChI is InChI=1S/C39H56BrFN4O4/c1-29-32(22-27-44-25-20-30(21-26-44)37-33-19-18-31(41)28-35(33)49-43-37)39(47)45-24-15-16-34(38(45)42-29)48-36(46)17-13-11-9-7-5-3-2-4-6-8-10-12-14-23-40/h18-19,28,30,34H,2-17,20-27H2,1H3. The minimum Gasteiger partial charge on any atom is -0.454 e. The fraction of sp³-hybridized carbons (Fsp3) is 0.692. The number of nitrogens with zero attached hydrogens (tertiary/aromatic N) is 4. The lowest BCUT2D eigenvalue weighted by Gasteiger charge is -2.31. The van der Waals surface area contributed by atoms with Gasteiger partial charge in [0.2, 0.25) is 0 Å². The molecule has 2 aromatic heterocycles. The second-order valence-electron chi connectivity index (χ2n) is 14.2. The van der Waals surface area contributed by atoms with Crippen molar-refractivity contribution in [1.82, 2.24) is 19.6 Å². The zero-order valence-corrected chi connectivity index (χ0v) is 31.1. The predicted molar refractivity (Wildman–Crippen MR) is 196 cm³/mol. The molecule has 10 heteroatoms. The lowest BCUT2D eigenvalue weighted by atomic mass is 9.91. The molecular weight excluding hydrogens is 687 g/mol. The Morgan fingerprint density at radius 3 is 2.27 bits per heavy atom. The van der Waals surface area contributed by atoms with Crippen molar-refractivity contribution in [3.8, 4) is 0 Å². The van der Waals surface area contributed by atoms with Crippen LogP contribution in [0.25, 0.3) is 11.0 Å². The SMILES string of the molecule is Cc1nc2n(c(=O)c1CCN1CCC(c3noc4cc(F)ccc34)CC1)CCCC2OC(=O)CCCCCCCCCCCCCCCBr. The van der Waals surface area contributed by atoms with Gasteiger partial charge < -0.3 is 14.2 Å². The average molecular weight is 744 g/mol. The highest BCUT2D eigenvalue weighted by molar-refractivity contribution is 9.09. The molecule has 1 aromatic carbocycles. The van der Waals surface area contributed by atoms with Crippen molar-refractivity contribution in [1.29, 1.82) is 0 Å². The van der Waals surface area contributed by atoms with Crippen LogP contribution in [0, 0.1) is 12.7 Å². The maximum absolute atomic E-state index is 13.6. The van der Waals surface area contributed by atoms with E-state index < -0.39 is 6.10 Å². The zero-order valence-electron chi connectivity index (χ0n) is 29.5. The number of halogens is 2. The first-order valence-corrected chi connectivity index (χ1v) is 20.2. The molecule has 0 aliphatic carbocycles. The number of fused-ring (bicyclic) bond motifs is 2. The van der Waals surface area contributed by atoms with E-state index in [4.69, 9.17) is 14.2 Å². The second-order valence-corrected chi connectivity index (χ2v) is 15.0. The van der Waals surface area contributed by atoms with E-state index in [0.29, 0.717) is 37.2 Å². The largest absolute Gasteiger partial charge is 0.454 e. The number of rotatable bonds is 20. The third-order valence-electron chi connectivity index (χ3n) is 10.5. The van der Waals surface area contributed by atoms with Gasteiger partial charge in [-0.1, -0.05) is 91.7 Å². The molecule has 4 heterocycles. The third-order valence-corrected chi connectivity index (χ3v) is 11.1. The van der Waals surface area contributed by atoms with Gasteiger partial charge in [-0.2, -0.15) is 0 Å². The van der Waals surface area contributed by atoms with E-state index in [0.717, 1.165) is 79.4 Å². The summed E-state index contributed by atoms with van der Waals surface area (Å²) in [6, 6.07) is 4.61. The van der Waals surface area contributed by atoms with Crippen LogP contribution in [0.3, 0.4) is 0 Å². The maximum Gasteiger partial charge on any atom is 0.306 e. The molecule has 8 nitrogen and oxygen atoms in total. The molecule has 5 rings (SSSR count). The normalized spacial score (nSPS) is 17.1. The second kappa shape index (κ2) is 19.7. The Morgan fingerprint density at radius 2 is 1.59 bits per heavy atom. The first-order chi connectivity index (χ1) is 23.9. The van der Waals surface area contributed by atoms with Crippen molar-refractivity contribution >= 4 is 32.9 Å². The van der Waals surface area contributed by atoms with E-state index in [1.54, 1.807) is 10.6 Å². The first-order valence-electron chi connectivity index (χ1n) is 19.1. The van der Waals surface area contributed by atoms with Crippen molar-refractivity contribution in [3.63, 3.8) is 0 Å². The van der Waals surface area contributed by atoms with E-state index in [1.807, 2.05) is 6.92 Å². The van der Waals surface area contributed by atoms with E-state index in [9.17, 15) is 14.0 Å². The highest BCUT2D eigenvalue weighted by Gasteiger charge is 2.29. The molecule has 0 bridgehead atoms. The van der Waals surface area contributed by atoms with Crippen LogP contribution in [0.5, 0.6) is 0 Å². The van der Waals surface area contributed by atoms with Gasteiger partial charge in [0.15, 0.2) is 17.5 Å². The van der Waals surface area contributed by atoms with Crippen LogP contribution in [0.2, 0.25) is 0 Å². The summed E-state index contributed by atoms with van der Waals surface area (Å²) in [5.41, 5.74) is 2.90. The molecule has 3 aromatic rings. The summed E-state index contributed by atoms with van der Waals surface area (Å²) < 4.78 is 26.6. The molecule has 2 aliphatic heterocycles. The summed E-state index contributed by atoms with van der Waals surface area (Å²) in [6.07, 6.45) is 20.4. The molecule has 0 radical (unpaired) electrons. The number of hydrogen-bond donors (Lipinski definition) is 0. The van der Waals surface area contributed by atoms with E-state index in [-0.39, 0.29) is 23.3 Å². The minimum absolute atomic E-state index is 0.00438. The summed E-state index contributed by atoms with van der Waals surface area (Å²) in [5, 5.41) is 6.29. The highest BCUT2D eigenvalue weighted by atomic mass is 79.9. The van der Waals surface area contributed by atoms with Crippen LogP contribution in [0.1, 0.15) is 150 Å². The Labute approximate surface area is 299 Å². The van der Waals surface area contributed by atoms with Crippen LogP contribution >= 0.6 is 15.9 Å². The summed E-state index contributed by atoms with van der Waals surface area (Å²) in [7, 11) is 0. The Hall–Kier alpha value is -2.59. The van der Waals surface area contributed by atoms with Gasteiger partial charge in [-0.15, -0.1) is 0 Å². The van der Waals surface area contributed by atoms with Gasteiger partial charge in [0.1, 0.15) is 5.82 Å². The van der Waals surface area contributed by atoms with Crippen LogP contribution in [0.15, 0.2) is 27.5 Å². The van der Waals surface area contributed by atoms with Crippen molar-refractivity contribution in [2.24, 2.45) is 0 Å². The number of aryl methyl sites for hydroxylation is 1. The molecule has 1 fully saturated rings. The Morgan fingerprint density at radius 1 is 0.939 bits per heavy atom. The lowest BCUT2D eigenvalue weighted by Crippen LogP contribution is -2.38. The summed E-state index contributed by atoms with van der Waals surface area (Å²) in [5.74, 6) is 0.373. The third kappa shape index (κ3) is 10.9. The Kier molecular flexibility index (Phi) is 15.1. The molecule has 1 unspecified atom stereocenters. The van der Waals surface area contributed by atoms with Gasteiger partial charge in [-0.3, -0.25) is 14.2 Å². The number of carbonyl (C=O) groups is 1. The van der Waals surface area contributed by atoms with Gasteiger partial charge in [-0.05, 0) is 77.1 Å². The zero-order chi connectivity index (χ0) is 34.4.